The van der Waals surface area contributed by atoms with Gasteiger partial charge in [0.1, 0.15) is 5.75 Å². The number of hydrogen-bond acceptors (Lipinski definition) is 4. The Morgan fingerprint density at radius 3 is 2.36 bits per heavy atom. The van der Waals surface area contributed by atoms with Gasteiger partial charge in [-0.2, -0.15) is 8.78 Å². The van der Waals surface area contributed by atoms with E-state index in [1.807, 2.05) is 30.3 Å². The van der Waals surface area contributed by atoms with E-state index >= 15 is 0 Å². The zero-order chi connectivity index (χ0) is 18.1. The average Bonchev–Trinajstić information content (AvgIpc) is 2.59. The van der Waals surface area contributed by atoms with Crippen molar-refractivity contribution in [1.82, 2.24) is 10.0 Å². The van der Waals surface area contributed by atoms with Crippen molar-refractivity contribution in [1.29, 1.82) is 0 Å². The van der Waals surface area contributed by atoms with Gasteiger partial charge in [-0.05, 0) is 11.6 Å². The molecule has 0 aromatic heterocycles. The first kappa shape index (κ1) is 19.3. The first-order chi connectivity index (χ1) is 12.0. The predicted molar refractivity (Wildman–Crippen MR) is 91.8 cm³/mol. The summed E-state index contributed by atoms with van der Waals surface area (Å²) in [6, 6.07) is 15.6. The SMILES string of the molecule is O=S(=O)(CCNCc1ccccc1OC(F)F)NCc1ccccc1. The minimum Gasteiger partial charge on any atom is -0.434 e. The molecule has 0 aliphatic carbocycles. The molecule has 2 aromatic carbocycles. The number of benzene rings is 2. The Kier molecular flexibility index (Phi) is 7.30. The van der Waals surface area contributed by atoms with Crippen LogP contribution in [-0.2, 0) is 23.1 Å². The first-order valence-corrected chi connectivity index (χ1v) is 9.36. The summed E-state index contributed by atoms with van der Waals surface area (Å²) in [4.78, 5) is 0. The summed E-state index contributed by atoms with van der Waals surface area (Å²) in [6.07, 6.45) is 0. The minimum atomic E-state index is -3.43. The molecule has 2 rings (SSSR count). The summed E-state index contributed by atoms with van der Waals surface area (Å²) in [5.74, 6) is -0.0346. The second kappa shape index (κ2) is 9.45. The van der Waals surface area contributed by atoms with E-state index in [0.29, 0.717) is 5.56 Å². The highest BCUT2D eigenvalue weighted by molar-refractivity contribution is 7.89. The van der Waals surface area contributed by atoms with Crippen molar-refractivity contribution in [2.45, 2.75) is 19.7 Å². The number of alkyl halides is 2. The summed E-state index contributed by atoms with van der Waals surface area (Å²) in [5.41, 5.74) is 1.41. The Morgan fingerprint density at radius 1 is 0.960 bits per heavy atom. The smallest absolute Gasteiger partial charge is 0.387 e. The van der Waals surface area contributed by atoms with Crippen molar-refractivity contribution in [3.05, 3.63) is 65.7 Å². The van der Waals surface area contributed by atoms with E-state index in [0.717, 1.165) is 5.56 Å². The largest absolute Gasteiger partial charge is 0.434 e. The molecule has 0 atom stereocenters. The molecule has 0 heterocycles. The quantitative estimate of drug-likeness (QED) is 0.631. The number of nitrogens with one attached hydrogen (secondary N) is 2. The second-order valence-corrected chi connectivity index (χ2v) is 7.22. The number of hydrogen-bond donors (Lipinski definition) is 2. The van der Waals surface area contributed by atoms with Crippen LogP contribution in [0, 0.1) is 0 Å². The van der Waals surface area contributed by atoms with Crippen molar-refractivity contribution >= 4 is 10.0 Å². The Hall–Kier alpha value is -2.03. The zero-order valence-corrected chi connectivity index (χ0v) is 14.3. The number of para-hydroxylation sites is 1. The molecule has 0 saturated carbocycles. The van der Waals surface area contributed by atoms with Gasteiger partial charge < -0.3 is 10.1 Å². The number of rotatable bonds is 10. The monoisotopic (exact) mass is 370 g/mol. The zero-order valence-electron chi connectivity index (χ0n) is 13.5. The molecule has 0 amide bonds. The maximum Gasteiger partial charge on any atom is 0.387 e. The van der Waals surface area contributed by atoms with E-state index in [9.17, 15) is 17.2 Å². The van der Waals surface area contributed by atoms with Crippen LogP contribution in [0.3, 0.4) is 0 Å². The van der Waals surface area contributed by atoms with Crippen LogP contribution in [0.1, 0.15) is 11.1 Å². The van der Waals surface area contributed by atoms with Crippen LogP contribution in [0.5, 0.6) is 5.75 Å². The third kappa shape index (κ3) is 7.16. The van der Waals surface area contributed by atoms with E-state index in [1.165, 1.54) is 6.07 Å². The predicted octanol–water partition coefficient (Wildman–Crippen LogP) is 2.50. The third-order valence-corrected chi connectivity index (χ3v) is 4.72. The van der Waals surface area contributed by atoms with Gasteiger partial charge in [-0.1, -0.05) is 48.5 Å². The van der Waals surface area contributed by atoms with Gasteiger partial charge in [-0.15, -0.1) is 0 Å². The van der Waals surface area contributed by atoms with Crippen LogP contribution in [0.4, 0.5) is 8.78 Å². The molecule has 0 radical (unpaired) electrons. The molecule has 5 nitrogen and oxygen atoms in total. The Labute approximate surface area is 146 Å². The van der Waals surface area contributed by atoms with Crippen LogP contribution in [-0.4, -0.2) is 27.3 Å². The lowest BCUT2D eigenvalue weighted by Crippen LogP contribution is -2.31. The molecule has 0 unspecified atom stereocenters. The summed E-state index contributed by atoms with van der Waals surface area (Å²) in [6.45, 7) is -2.25. The fraction of sp³-hybridized carbons (Fsp3) is 0.294. The lowest BCUT2D eigenvalue weighted by atomic mass is 10.2. The van der Waals surface area contributed by atoms with Gasteiger partial charge in [0.2, 0.25) is 10.0 Å². The van der Waals surface area contributed by atoms with E-state index in [2.05, 4.69) is 14.8 Å². The van der Waals surface area contributed by atoms with Gasteiger partial charge in [-0.3, -0.25) is 0 Å². The highest BCUT2D eigenvalue weighted by atomic mass is 32.2. The van der Waals surface area contributed by atoms with Crippen LogP contribution >= 0.6 is 0 Å². The Morgan fingerprint density at radius 2 is 1.64 bits per heavy atom. The summed E-state index contributed by atoms with van der Waals surface area (Å²) < 4.78 is 55.5. The fourth-order valence-corrected chi connectivity index (χ4v) is 3.10. The molecular weight excluding hydrogens is 350 g/mol. The number of halogens is 2. The Balaban J connectivity index is 1.77. The van der Waals surface area contributed by atoms with E-state index in [-0.39, 0.29) is 31.1 Å². The molecule has 0 aliphatic heterocycles. The van der Waals surface area contributed by atoms with Gasteiger partial charge in [0.25, 0.3) is 0 Å². The average molecular weight is 370 g/mol. The maximum absolute atomic E-state index is 12.3. The van der Waals surface area contributed by atoms with E-state index in [1.54, 1.807) is 18.2 Å². The van der Waals surface area contributed by atoms with Crippen LogP contribution in [0.25, 0.3) is 0 Å². The lowest BCUT2D eigenvalue weighted by Gasteiger charge is -2.11. The summed E-state index contributed by atoms with van der Waals surface area (Å²) in [7, 11) is -3.43. The molecule has 2 aromatic rings. The van der Waals surface area contributed by atoms with Crippen molar-refractivity contribution in [2.75, 3.05) is 12.3 Å². The maximum atomic E-state index is 12.3. The molecule has 25 heavy (non-hydrogen) atoms. The molecular formula is C17H20F2N2O3S. The van der Waals surface area contributed by atoms with E-state index < -0.39 is 16.6 Å². The molecule has 0 spiro atoms. The van der Waals surface area contributed by atoms with Crippen LogP contribution in [0.15, 0.2) is 54.6 Å². The van der Waals surface area contributed by atoms with Crippen molar-refractivity contribution in [3.63, 3.8) is 0 Å². The fourth-order valence-electron chi connectivity index (χ4n) is 2.15. The molecule has 0 aliphatic rings. The number of ether oxygens (including phenoxy) is 1. The molecule has 0 fully saturated rings. The summed E-state index contributed by atoms with van der Waals surface area (Å²) >= 11 is 0. The van der Waals surface area contributed by atoms with Crippen molar-refractivity contribution < 1.29 is 21.9 Å². The van der Waals surface area contributed by atoms with Gasteiger partial charge in [-0.25, -0.2) is 13.1 Å². The molecule has 2 N–H and O–H groups in total. The minimum absolute atomic E-state index is 0.0788. The van der Waals surface area contributed by atoms with Crippen molar-refractivity contribution in [2.24, 2.45) is 0 Å². The standard InChI is InChI=1S/C17H20F2N2O3S/c18-17(19)24-16-9-5-4-8-15(16)13-20-10-11-25(22,23)21-12-14-6-2-1-3-7-14/h1-9,17,20-21H,10-13H2. The first-order valence-electron chi connectivity index (χ1n) is 7.71. The lowest BCUT2D eigenvalue weighted by molar-refractivity contribution is -0.0504. The highest BCUT2D eigenvalue weighted by Gasteiger charge is 2.11. The molecule has 0 bridgehead atoms. The highest BCUT2D eigenvalue weighted by Crippen LogP contribution is 2.19. The van der Waals surface area contributed by atoms with Gasteiger partial charge >= 0.3 is 6.61 Å². The second-order valence-electron chi connectivity index (χ2n) is 5.29. The Bertz CT molecular complexity index is 755. The van der Waals surface area contributed by atoms with Gasteiger partial charge in [0.15, 0.2) is 0 Å². The van der Waals surface area contributed by atoms with Crippen LogP contribution < -0.4 is 14.8 Å². The summed E-state index contributed by atoms with van der Waals surface area (Å²) in [5, 5.41) is 2.93. The molecule has 0 saturated heterocycles. The van der Waals surface area contributed by atoms with Gasteiger partial charge in [0, 0.05) is 25.2 Å². The normalized spacial score (nSPS) is 11.6. The topological polar surface area (TPSA) is 67.4 Å². The third-order valence-electron chi connectivity index (χ3n) is 3.39. The van der Waals surface area contributed by atoms with Crippen molar-refractivity contribution in [3.8, 4) is 5.75 Å². The number of sulfonamides is 1. The molecule has 136 valence electrons. The van der Waals surface area contributed by atoms with Crippen LogP contribution in [0.2, 0.25) is 0 Å². The van der Waals surface area contributed by atoms with E-state index in [4.69, 9.17) is 0 Å². The van der Waals surface area contributed by atoms with Gasteiger partial charge in [0.05, 0.1) is 5.75 Å². The molecule has 8 heteroatoms.